The van der Waals surface area contributed by atoms with Gasteiger partial charge in [-0.3, -0.25) is 4.79 Å². The maximum absolute atomic E-state index is 12.2. The molecule has 1 atom stereocenters. The predicted molar refractivity (Wildman–Crippen MR) is 96.4 cm³/mol. The van der Waals surface area contributed by atoms with Gasteiger partial charge in [-0.1, -0.05) is 0 Å². The van der Waals surface area contributed by atoms with Crippen LogP contribution in [0.5, 0.6) is 0 Å². The molecule has 25 heavy (non-hydrogen) atoms. The molecule has 2 heterocycles. The fourth-order valence-electron chi connectivity index (χ4n) is 3.56. The molecule has 0 radical (unpaired) electrons. The van der Waals surface area contributed by atoms with Crippen LogP contribution in [0.25, 0.3) is 0 Å². The van der Waals surface area contributed by atoms with E-state index in [9.17, 15) is 4.79 Å². The standard InChI is InChI=1S/C19H27N5O/c1-13(24-11-10-20-15(24)3)12-19(25)21-9-8-18-22-14(2)16-6-4-5-7-17(16)23-18/h10-11,13H,4-9,12H2,1-3H3,(H,21,25)/t13-/m0/s1. The zero-order valence-electron chi connectivity index (χ0n) is 15.4. The van der Waals surface area contributed by atoms with Gasteiger partial charge in [-0.25, -0.2) is 15.0 Å². The number of rotatable bonds is 6. The molecule has 1 aliphatic rings. The molecule has 1 amide bonds. The van der Waals surface area contributed by atoms with Crippen molar-refractivity contribution in [3.05, 3.63) is 41.0 Å². The molecule has 1 N–H and O–H groups in total. The monoisotopic (exact) mass is 341 g/mol. The number of aromatic nitrogens is 4. The van der Waals surface area contributed by atoms with E-state index < -0.39 is 0 Å². The number of fused-ring (bicyclic) bond motifs is 1. The molecule has 2 aromatic rings. The van der Waals surface area contributed by atoms with Crippen molar-refractivity contribution in [1.82, 2.24) is 24.8 Å². The molecule has 3 rings (SSSR count). The summed E-state index contributed by atoms with van der Waals surface area (Å²) in [5.41, 5.74) is 3.66. The van der Waals surface area contributed by atoms with Crippen molar-refractivity contribution in [2.75, 3.05) is 6.54 Å². The Morgan fingerprint density at radius 2 is 2.08 bits per heavy atom. The molecule has 6 nitrogen and oxygen atoms in total. The quantitative estimate of drug-likeness (QED) is 0.876. The van der Waals surface area contributed by atoms with Gasteiger partial charge in [0.05, 0.1) is 0 Å². The number of carbonyl (C=O) groups excluding carboxylic acids is 1. The number of hydrogen-bond donors (Lipinski definition) is 1. The molecule has 134 valence electrons. The second-order valence-electron chi connectivity index (χ2n) is 6.89. The lowest BCUT2D eigenvalue weighted by molar-refractivity contribution is -0.121. The molecule has 0 fully saturated rings. The van der Waals surface area contributed by atoms with Crippen molar-refractivity contribution in [3.8, 4) is 0 Å². The first kappa shape index (κ1) is 17.6. The van der Waals surface area contributed by atoms with Crippen LogP contribution in [0.15, 0.2) is 12.4 Å². The van der Waals surface area contributed by atoms with Crippen LogP contribution in [-0.2, 0) is 24.1 Å². The average Bonchev–Trinajstić information content (AvgIpc) is 3.01. The lowest BCUT2D eigenvalue weighted by atomic mass is 9.95. The minimum Gasteiger partial charge on any atom is -0.356 e. The zero-order chi connectivity index (χ0) is 17.8. The first-order valence-corrected chi connectivity index (χ1v) is 9.16. The van der Waals surface area contributed by atoms with Crippen LogP contribution < -0.4 is 5.32 Å². The van der Waals surface area contributed by atoms with E-state index in [-0.39, 0.29) is 11.9 Å². The molecule has 1 aliphatic carbocycles. The van der Waals surface area contributed by atoms with Crippen LogP contribution in [0.4, 0.5) is 0 Å². The molecular weight excluding hydrogens is 314 g/mol. The summed E-state index contributed by atoms with van der Waals surface area (Å²) in [4.78, 5) is 25.7. The molecule has 0 aromatic carbocycles. The van der Waals surface area contributed by atoms with E-state index in [0.29, 0.717) is 19.4 Å². The van der Waals surface area contributed by atoms with Crippen LogP contribution >= 0.6 is 0 Å². The molecule has 0 saturated heterocycles. The van der Waals surface area contributed by atoms with Gasteiger partial charge in [0.2, 0.25) is 5.91 Å². The Hall–Kier alpha value is -2.24. The van der Waals surface area contributed by atoms with E-state index in [1.54, 1.807) is 6.20 Å². The van der Waals surface area contributed by atoms with Gasteiger partial charge in [-0.15, -0.1) is 0 Å². The van der Waals surface area contributed by atoms with E-state index >= 15 is 0 Å². The second-order valence-corrected chi connectivity index (χ2v) is 6.89. The van der Waals surface area contributed by atoms with Crippen molar-refractivity contribution in [2.24, 2.45) is 0 Å². The number of amides is 1. The Labute approximate surface area is 149 Å². The predicted octanol–water partition coefficient (Wildman–Crippen LogP) is 2.48. The Kier molecular flexibility index (Phi) is 5.46. The number of hydrogen-bond acceptors (Lipinski definition) is 4. The summed E-state index contributed by atoms with van der Waals surface area (Å²) >= 11 is 0. The summed E-state index contributed by atoms with van der Waals surface area (Å²) in [5, 5.41) is 2.99. The normalized spacial score (nSPS) is 14.8. The minimum atomic E-state index is 0.0512. The van der Waals surface area contributed by atoms with Crippen LogP contribution in [0.1, 0.15) is 60.8 Å². The van der Waals surface area contributed by atoms with E-state index in [1.807, 2.05) is 24.6 Å². The summed E-state index contributed by atoms with van der Waals surface area (Å²) in [6.45, 7) is 6.63. The number of nitrogens with zero attached hydrogens (tertiary/aromatic N) is 4. The maximum atomic E-state index is 12.2. The summed E-state index contributed by atoms with van der Waals surface area (Å²) in [6, 6.07) is 0.102. The Balaban J connectivity index is 1.50. The molecule has 0 saturated carbocycles. The van der Waals surface area contributed by atoms with Gasteiger partial charge in [-0.05, 0) is 52.0 Å². The van der Waals surface area contributed by atoms with E-state index in [1.165, 1.54) is 24.1 Å². The van der Waals surface area contributed by atoms with Crippen molar-refractivity contribution >= 4 is 5.91 Å². The lowest BCUT2D eigenvalue weighted by Crippen LogP contribution is -2.28. The molecule has 2 aromatic heterocycles. The van der Waals surface area contributed by atoms with Crippen molar-refractivity contribution in [1.29, 1.82) is 0 Å². The second kappa shape index (κ2) is 7.76. The van der Waals surface area contributed by atoms with Crippen molar-refractivity contribution < 1.29 is 4.79 Å². The van der Waals surface area contributed by atoms with Gasteiger partial charge in [0.15, 0.2) is 0 Å². The fraction of sp³-hybridized carbons (Fsp3) is 0.579. The van der Waals surface area contributed by atoms with E-state index in [4.69, 9.17) is 4.98 Å². The number of carbonyl (C=O) groups is 1. The third-order valence-electron chi connectivity index (χ3n) is 4.92. The molecule has 0 spiro atoms. The maximum Gasteiger partial charge on any atom is 0.222 e. The Morgan fingerprint density at radius 3 is 2.84 bits per heavy atom. The summed E-state index contributed by atoms with van der Waals surface area (Å²) in [7, 11) is 0. The number of nitrogens with one attached hydrogen (secondary N) is 1. The largest absolute Gasteiger partial charge is 0.356 e. The Bertz CT molecular complexity index is 752. The van der Waals surface area contributed by atoms with Crippen LogP contribution in [0.3, 0.4) is 0 Å². The highest BCUT2D eigenvalue weighted by atomic mass is 16.1. The van der Waals surface area contributed by atoms with Gasteiger partial charge in [-0.2, -0.15) is 0 Å². The molecule has 0 unspecified atom stereocenters. The van der Waals surface area contributed by atoms with Gasteiger partial charge in [0, 0.05) is 49.2 Å². The molecule has 0 aliphatic heterocycles. The molecular formula is C19H27N5O. The summed E-state index contributed by atoms with van der Waals surface area (Å²) < 4.78 is 2.02. The van der Waals surface area contributed by atoms with Crippen LogP contribution in [0.2, 0.25) is 0 Å². The topological polar surface area (TPSA) is 72.7 Å². The number of aryl methyl sites for hydroxylation is 3. The third kappa shape index (κ3) is 4.24. The van der Waals surface area contributed by atoms with Gasteiger partial charge in [0.25, 0.3) is 0 Å². The summed E-state index contributed by atoms with van der Waals surface area (Å²) in [5.74, 6) is 1.82. The molecule has 6 heteroatoms. The minimum absolute atomic E-state index is 0.0512. The zero-order valence-corrected chi connectivity index (χ0v) is 15.4. The van der Waals surface area contributed by atoms with Gasteiger partial charge in [0.1, 0.15) is 11.6 Å². The third-order valence-corrected chi connectivity index (χ3v) is 4.92. The lowest BCUT2D eigenvalue weighted by Gasteiger charge is -2.18. The van der Waals surface area contributed by atoms with Crippen LogP contribution in [-0.4, -0.2) is 32.0 Å². The summed E-state index contributed by atoms with van der Waals surface area (Å²) in [6.07, 6.45) is 9.41. The van der Waals surface area contributed by atoms with Gasteiger partial charge >= 0.3 is 0 Å². The highest BCUT2D eigenvalue weighted by Gasteiger charge is 2.16. The fourth-order valence-corrected chi connectivity index (χ4v) is 3.56. The van der Waals surface area contributed by atoms with Crippen molar-refractivity contribution in [2.45, 2.75) is 65.3 Å². The van der Waals surface area contributed by atoms with E-state index in [0.717, 1.165) is 30.2 Å². The first-order valence-electron chi connectivity index (χ1n) is 9.16. The van der Waals surface area contributed by atoms with Crippen molar-refractivity contribution in [3.63, 3.8) is 0 Å². The molecule has 0 bridgehead atoms. The smallest absolute Gasteiger partial charge is 0.222 e. The highest BCUT2D eigenvalue weighted by molar-refractivity contribution is 5.76. The SMILES string of the molecule is Cc1nc(CCNC(=O)C[C@H](C)n2ccnc2C)nc2c1CCCC2. The number of imidazole rings is 1. The average molecular weight is 341 g/mol. The van der Waals surface area contributed by atoms with E-state index in [2.05, 4.69) is 22.2 Å². The highest BCUT2D eigenvalue weighted by Crippen LogP contribution is 2.21. The van der Waals surface area contributed by atoms with Gasteiger partial charge < -0.3 is 9.88 Å². The van der Waals surface area contributed by atoms with Crippen LogP contribution in [0, 0.1) is 13.8 Å². The first-order chi connectivity index (χ1) is 12.0. The Morgan fingerprint density at radius 1 is 1.28 bits per heavy atom.